The van der Waals surface area contributed by atoms with Gasteiger partial charge in [0.05, 0.1) is 24.3 Å². The zero-order valence-electron chi connectivity index (χ0n) is 17.3. The van der Waals surface area contributed by atoms with Gasteiger partial charge in [-0.2, -0.15) is 0 Å². The first-order chi connectivity index (χ1) is 15.0. The highest BCUT2D eigenvalue weighted by Crippen LogP contribution is 2.57. The third kappa shape index (κ3) is 3.35. The minimum Gasteiger partial charge on any atom is -0.401 e. The van der Waals surface area contributed by atoms with Crippen LogP contribution in [0.5, 0.6) is 0 Å². The Hall–Kier alpha value is -2.35. The molecule has 2 spiro atoms. The third-order valence-corrected chi connectivity index (χ3v) is 7.06. The molecule has 2 aromatic rings. The van der Waals surface area contributed by atoms with Gasteiger partial charge in [-0.1, -0.05) is 6.42 Å². The number of ether oxygens (including phenoxy) is 2. The minimum atomic E-state index is -0.715. The smallest absolute Gasteiger partial charge is 0.223 e. The Morgan fingerprint density at radius 2 is 1.74 bits per heavy atom. The molecule has 5 rings (SSSR count). The quantitative estimate of drug-likeness (QED) is 0.567. The molecule has 0 unspecified atom stereocenters. The van der Waals surface area contributed by atoms with Gasteiger partial charge in [0.15, 0.2) is 5.79 Å². The summed E-state index contributed by atoms with van der Waals surface area (Å²) in [6.45, 7) is 1.13. The van der Waals surface area contributed by atoms with Crippen molar-refractivity contribution in [1.82, 2.24) is 15.0 Å². The van der Waals surface area contributed by atoms with Crippen LogP contribution in [0.1, 0.15) is 55.4 Å². The first-order valence-electron chi connectivity index (χ1n) is 10.8. The Labute approximate surface area is 186 Å². The number of allylic oxidation sites excluding steroid dienone is 1. The molecule has 2 fully saturated rings. The summed E-state index contributed by atoms with van der Waals surface area (Å²) in [7, 11) is 0. The van der Waals surface area contributed by atoms with Crippen LogP contribution in [0.4, 0.5) is 0 Å². The second-order valence-electron chi connectivity index (χ2n) is 8.46. The molecule has 0 amide bonds. The van der Waals surface area contributed by atoms with Crippen LogP contribution >= 0.6 is 11.6 Å². The summed E-state index contributed by atoms with van der Waals surface area (Å²) in [6.07, 6.45) is 9.41. The number of aromatic nitrogens is 3. The molecule has 1 aliphatic heterocycles. The van der Waals surface area contributed by atoms with E-state index >= 15 is 0 Å². The zero-order chi connectivity index (χ0) is 21.5. The van der Waals surface area contributed by atoms with Crippen LogP contribution in [-0.4, -0.2) is 39.7 Å². The van der Waals surface area contributed by atoms with Gasteiger partial charge in [0.2, 0.25) is 11.1 Å². The molecular weight excluding hydrogens is 416 g/mol. The largest absolute Gasteiger partial charge is 0.401 e. The fraction of sp³-hybridized carbons (Fsp3) is 0.478. The van der Waals surface area contributed by atoms with Crippen LogP contribution in [-0.2, 0) is 9.47 Å². The summed E-state index contributed by atoms with van der Waals surface area (Å²) in [5.41, 5.74) is 9.16. The van der Waals surface area contributed by atoms with Gasteiger partial charge in [0.1, 0.15) is 5.69 Å². The van der Waals surface area contributed by atoms with Crippen LogP contribution in [0.15, 0.2) is 41.9 Å². The molecule has 0 radical (unpaired) electrons. The lowest BCUT2D eigenvalue weighted by Gasteiger charge is -2.52. The number of rotatable bonds is 3. The van der Waals surface area contributed by atoms with Gasteiger partial charge >= 0.3 is 0 Å². The number of halogens is 1. The molecule has 162 valence electrons. The predicted octanol–water partition coefficient (Wildman–Crippen LogP) is 4.07. The maximum atomic E-state index is 13.6. The Morgan fingerprint density at radius 1 is 1.03 bits per heavy atom. The molecule has 0 bridgehead atoms. The van der Waals surface area contributed by atoms with Crippen LogP contribution in [0, 0.1) is 5.41 Å². The van der Waals surface area contributed by atoms with Crippen LogP contribution in [0.2, 0.25) is 5.28 Å². The average Bonchev–Trinajstić information content (AvgIpc) is 3.27. The predicted molar refractivity (Wildman–Crippen MR) is 115 cm³/mol. The lowest BCUT2D eigenvalue weighted by molar-refractivity contribution is -0.248. The van der Waals surface area contributed by atoms with Crippen LogP contribution in [0.3, 0.4) is 0 Å². The molecule has 1 saturated carbocycles. The zero-order valence-corrected chi connectivity index (χ0v) is 18.0. The average molecular weight is 441 g/mol. The van der Waals surface area contributed by atoms with Crippen LogP contribution < -0.4 is 5.73 Å². The van der Waals surface area contributed by atoms with Gasteiger partial charge in [0.25, 0.3) is 0 Å². The fourth-order valence-electron chi connectivity index (χ4n) is 5.47. The lowest BCUT2D eigenvalue weighted by Crippen LogP contribution is -2.55. The van der Waals surface area contributed by atoms with E-state index in [9.17, 15) is 4.79 Å². The maximum Gasteiger partial charge on any atom is 0.223 e. The Kier molecular flexibility index (Phi) is 5.28. The summed E-state index contributed by atoms with van der Waals surface area (Å²) >= 11 is 6.18. The molecule has 8 heteroatoms. The van der Waals surface area contributed by atoms with E-state index in [1.807, 2.05) is 12.1 Å². The van der Waals surface area contributed by atoms with Crippen molar-refractivity contribution in [3.8, 4) is 11.3 Å². The fourth-order valence-corrected chi connectivity index (χ4v) is 5.65. The molecule has 1 atom stereocenters. The number of Topliss-reactive ketones (excluding diaryl/α,β-unsaturated/α-hetero) is 1. The molecule has 2 aliphatic carbocycles. The van der Waals surface area contributed by atoms with Crippen molar-refractivity contribution < 1.29 is 14.3 Å². The maximum absolute atomic E-state index is 13.6. The number of carbonyl (C=O) groups excluding carboxylic acids is 1. The Morgan fingerprint density at radius 3 is 2.52 bits per heavy atom. The molecule has 2 N–H and O–H groups in total. The summed E-state index contributed by atoms with van der Waals surface area (Å²) in [4.78, 5) is 26.1. The van der Waals surface area contributed by atoms with E-state index in [4.69, 9.17) is 26.8 Å². The molecule has 3 aliphatic rings. The number of nitrogens with two attached hydrogens (primary N) is 1. The van der Waals surface area contributed by atoms with E-state index in [2.05, 4.69) is 15.0 Å². The summed E-state index contributed by atoms with van der Waals surface area (Å²) in [5.74, 6) is -0.915. The lowest BCUT2D eigenvalue weighted by atomic mass is 9.60. The number of pyridine rings is 1. The molecule has 0 aromatic carbocycles. The van der Waals surface area contributed by atoms with Crippen molar-refractivity contribution in [2.75, 3.05) is 13.2 Å². The number of hydrogen-bond acceptors (Lipinski definition) is 7. The summed E-state index contributed by atoms with van der Waals surface area (Å²) in [6, 6.07) is 5.30. The highest BCUT2D eigenvalue weighted by molar-refractivity contribution is 6.28. The molecule has 3 heterocycles. The number of ketones is 1. The number of nitrogens with zero attached hydrogens (tertiary/aromatic N) is 3. The number of fused-ring (bicyclic) bond motifs is 1. The van der Waals surface area contributed by atoms with Gasteiger partial charge < -0.3 is 15.2 Å². The van der Waals surface area contributed by atoms with Crippen molar-refractivity contribution >= 4 is 17.4 Å². The summed E-state index contributed by atoms with van der Waals surface area (Å²) < 4.78 is 12.3. The van der Waals surface area contributed by atoms with Crippen molar-refractivity contribution in [2.45, 2.75) is 50.7 Å². The molecule has 7 nitrogen and oxygen atoms in total. The van der Waals surface area contributed by atoms with Crippen molar-refractivity contribution in [2.24, 2.45) is 11.1 Å². The van der Waals surface area contributed by atoms with Gasteiger partial charge in [0, 0.05) is 35.6 Å². The van der Waals surface area contributed by atoms with Gasteiger partial charge in [-0.05, 0) is 61.9 Å². The highest BCUT2D eigenvalue weighted by Gasteiger charge is 2.59. The van der Waals surface area contributed by atoms with E-state index in [1.165, 1.54) is 0 Å². The molecule has 2 aromatic heterocycles. The molecule has 31 heavy (non-hydrogen) atoms. The first kappa shape index (κ1) is 20.5. The van der Waals surface area contributed by atoms with Gasteiger partial charge in [-0.25, -0.2) is 9.97 Å². The second-order valence-corrected chi connectivity index (χ2v) is 8.80. The summed E-state index contributed by atoms with van der Waals surface area (Å²) in [5, 5.41) is 0.0268. The standard InChI is InChI=1S/C23H25ClN4O3/c24-21-27-17(15-5-10-26-11-6-15)14-18(28-21)19(29)16-4-3-8-22(20(16)25)7-1-2-9-23(22)30-12-13-31-23/h5-6,10-11,14H,1-4,7-9,12-13,25H2/t22-/m0/s1. The van der Waals surface area contributed by atoms with Gasteiger partial charge in [-0.15, -0.1) is 0 Å². The molecular formula is C23H25ClN4O3. The molecule has 1 saturated heterocycles. The number of hydrogen-bond donors (Lipinski definition) is 1. The Bertz CT molecular complexity index is 1040. The van der Waals surface area contributed by atoms with Crippen molar-refractivity contribution in [1.29, 1.82) is 0 Å². The third-order valence-electron chi connectivity index (χ3n) is 6.90. The normalized spacial score (nSPS) is 25.3. The topological polar surface area (TPSA) is 100 Å². The SMILES string of the molecule is NC1=C(C(=O)c2cc(-c3ccncc3)nc(Cl)n2)CCC[C@@]12CCCCC21OCCO1. The second kappa shape index (κ2) is 7.97. The van der Waals surface area contributed by atoms with E-state index in [0.29, 0.717) is 36.6 Å². The van der Waals surface area contributed by atoms with Crippen LogP contribution in [0.25, 0.3) is 11.3 Å². The van der Waals surface area contributed by atoms with Crippen molar-refractivity contribution in [3.63, 3.8) is 0 Å². The van der Waals surface area contributed by atoms with E-state index < -0.39 is 11.2 Å². The minimum absolute atomic E-state index is 0.0268. The van der Waals surface area contributed by atoms with E-state index in [-0.39, 0.29) is 16.8 Å². The monoisotopic (exact) mass is 440 g/mol. The van der Waals surface area contributed by atoms with Crippen molar-refractivity contribution in [3.05, 3.63) is 52.8 Å². The highest BCUT2D eigenvalue weighted by atomic mass is 35.5. The Balaban J connectivity index is 1.56. The van der Waals surface area contributed by atoms with E-state index in [0.717, 1.165) is 44.1 Å². The first-order valence-corrected chi connectivity index (χ1v) is 11.2. The van der Waals surface area contributed by atoms with E-state index in [1.54, 1.807) is 18.5 Å². The number of carbonyl (C=O) groups is 1. The van der Waals surface area contributed by atoms with Gasteiger partial charge in [-0.3, -0.25) is 9.78 Å².